The van der Waals surface area contributed by atoms with Crippen LogP contribution in [0.25, 0.3) is 0 Å². The predicted octanol–water partition coefficient (Wildman–Crippen LogP) is 4.08. The van der Waals surface area contributed by atoms with Gasteiger partial charge in [0.15, 0.2) is 0 Å². The van der Waals surface area contributed by atoms with E-state index < -0.39 is 0 Å². The van der Waals surface area contributed by atoms with Crippen LogP contribution in [0.15, 0.2) is 36.4 Å². The third-order valence-corrected chi connectivity index (χ3v) is 3.76. The Bertz CT molecular complexity index is 462. The fraction of sp³-hybridized carbons (Fsp3) is 0.500. The molecule has 0 heterocycles. The van der Waals surface area contributed by atoms with Gasteiger partial charge in [-0.05, 0) is 43.2 Å². The molecule has 0 radical (unpaired) electrons. The third-order valence-electron chi connectivity index (χ3n) is 3.76. The van der Waals surface area contributed by atoms with Crippen LogP contribution in [0.4, 0.5) is 0 Å². The van der Waals surface area contributed by atoms with Gasteiger partial charge < -0.3 is 4.74 Å². The van der Waals surface area contributed by atoms with Gasteiger partial charge in [-0.2, -0.15) is 0 Å². The predicted molar refractivity (Wildman–Crippen MR) is 81.6 cm³/mol. The first-order valence-electron chi connectivity index (χ1n) is 7.62. The van der Waals surface area contributed by atoms with Gasteiger partial charge in [-0.25, -0.2) is 0 Å². The normalized spacial score (nSPS) is 19.1. The van der Waals surface area contributed by atoms with Crippen LogP contribution in [-0.2, 0) is 22.6 Å². The fourth-order valence-electron chi connectivity index (χ4n) is 2.64. The van der Waals surface area contributed by atoms with Crippen LogP contribution in [0, 0.1) is 5.92 Å². The average Bonchev–Trinajstić information content (AvgIpc) is 2.87. The summed E-state index contributed by atoms with van der Waals surface area (Å²) in [5.41, 5.74) is 2.60. The number of Topliss-reactive ketones (excluding diaryl/α,β-unsaturated/α-hetero) is 1. The number of ketones is 1. The highest BCUT2D eigenvalue weighted by atomic mass is 16.5. The monoisotopic (exact) mass is 272 g/mol. The van der Waals surface area contributed by atoms with E-state index in [2.05, 4.69) is 36.4 Å². The van der Waals surface area contributed by atoms with Gasteiger partial charge in [0, 0.05) is 19.4 Å². The maximum atomic E-state index is 11.2. The second-order valence-corrected chi connectivity index (χ2v) is 5.47. The maximum absolute atomic E-state index is 11.2. The molecule has 1 aliphatic rings. The molecular formula is C18H24O2. The molecule has 1 aromatic rings. The molecule has 0 aliphatic heterocycles. The highest BCUT2D eigenvalue weighted by Crippen LogP contribution is 2.23. The molecule has 1 fully saturated rings. The first-order valence-corrected chi connectivity index (χ1v) is 7.62. The van der Waals surface area contributed by atoms with Crippen LogP contribution >= 0.6 is 0 Å². The maximum Gasteiger partial charge on any atom is 0.133 e. The van der Waals surface area contributed by atoms with Crippen molar-refractivity contribution in [3.05, 3.63) is 47.5 Å². The van der Waals surface area contributed by atoms with E-state index in [-0.39, 0.29) is 0 Å². The number of hydrogen-bond acceptors (Lipinski definition) is 2. The Morgan fingerprint density at radius 3 is 2.95 bits per heavy atom. The molecule has 20 heavy (non-hydrogen) atoms. The van der Waals surface area contributed by atoms with Crippen molar-refractivity contribution in [3.8, 4) is 0 Å². The zero-order chi connectivity index (χ0) is 14.2. The smallest absolute Gasteiger partial charge is 0.133 e. The molecule has 1 aromatic carbocycles. The molecule has 2 heteroatoms. The summed E-state index contributed by atoms with van der Waals surface area (Å²) in [5, 5.41) is 0. The lowest BCUT2D eigenvalue weighted by atomic mass is 10.0. The Kier molecular flexibility index (Phi) is 6.00. The number of carbonyl (C=O) groups is 1. The lowest BCUT2D eigenvalue weighted by Crippen LogP contribution is -1.93. The van der Waals surface area contributed by atoms with Crippen LogP contribution in [0.3, 0.4) is 0 Å². The molecule has 1 aliphatic carbocycles. The Labute approximate surface area is 121 Å². The van der Waals surface area contributed by atoms with Crippen molar-refractivity contribution >= 4 is 5.78 Å². The van der Waals surface area contributed by atoms with Crippen molar-refractivity contribution < 1.29 is 9.53 Å². The number of aryl methyl sites for hydroxylation is 1. The molecule has 2 nitrogen and oxygen atoms in total. The molecule has 1 atom stereocenters. The van der Waals surface area contributed by atoms with Gasteiger partial charge in [0.05, 0.1) is 6.61 Å². The van der Waals surface area contributed by atoms with Crippen molar-refractivity contribution in [1.29, 1.82) is 0 Å². The molecule has 108 valence electrons. The number of hydrogen-bond donors (Lipinski definition) is 0. The number of carbonyl (C=O) groups excluding carboxylic acids is 1. The molecule has 0 spiro atoms. The van der Waals surface area contributed by atoms with Gasteiger partial charge in [0.1, 0.15) is 5.78 Å². The standard InChI is InChI=1S/C18H24O2/c1-2-20-14-17-9-5-8-15(12-17)6-3-4-7-16-10-11-18(19)13-16/h4-5,7-9,12,16H,2-3,6,10-11,13-14H2,1H3/b7-4+/t16-/m0/s1. The van der Waals surface area contributed by atoms with Crippen molar-refractivity contribution in [2.45, 2.75) is 45.6 Å². The van der Waals surface area contributed by atoms with E-state index in [9.17, 15) is 4.79 Å². The minimum Gasteiger partial charge on any atom is -0.377 e. The highest BCUT2D eigenvalue weighted by Gasteiger charge is 2.18. The number of allylic oxidation sites excluding steroid dienone is 2. The zero-order valence-electron chi connectivity index (χ0n) is 12.3. The van der Waals surface area contributed by atoms with E-state index in [1.165, 1.54) is 11.1 Å². The van der Waals surface area contributed by atoms with Gasteiger partial charge in [-0.1, -0.05) is 36.4 Å². The quantitative estimate of drug-likeness (QED) is 0.699. The first-order chi connectivity index (χ1) is 9.78. The molecule has 1 saturated carbocycles. The summed E-state index contributed by atoms with van der Waals surface area (Å²) in [6, 6.07) is 8.60. The lowest BCUT2D eigenvalue weighted by Gasteiger charge is -2.05. The number of ether oxygens (including phenoxy) is 1. The van der Waals surface area contributed by atoms with Crippen LogP contribution in [0.2, 0.25) is 0 Å². The Hall–Kier alpha value is -1.41. The van der Waals surface area contributed by atoms with Crippen molar-refractivity contribution in [3.63, 3.8) is 0 Å². The Balaban J connectivity index is 1.76. The van der Waals surface area contributed by atoms with Gasteiger partial charge in [0.25, 0.3) is 0 Å². The molecule has 0 bridgehead atoms. The molecule has 2 rings (SSSR count). The summed E-state index contributed by atoms with van der Waals surface area (Å²) < 4.78 is 5.43. The lowest BCUT2D eigenvalue weighted by molar-refractivity contribution is -0.117. The minimum absolute atomic E-state index is 0.420. The molecule has 0 N–H and O–H groups in total. The van der Waals surface area contributed by atoms with Crippen LogP contribution in [0.5, 0.6) is 0 Å². The Morgan fingerprint density at radius 1 is 1.35 bits per heavy atom. The second kappa shape index (κ2) is 8.01. The third kappa shape index (κ3) is 4.93. The van der Waals surface area contributed by atoms with Gasteiger partial charge in [-0.15, -0.1) is 0 Å². The number of benzene rings is 1. The van der Waals surface area contributed by atoms with E-state index >= 15 is 0 Å². The van der Waals surface area contributed by atoms with E-state index in [0.29, 0.717) is 18.3 Å². The summed E-state index contributed by atoms with van der Waals surface area (Å²) in [7, 11) is 0. The van der Waals surface area contributed by atoms with Gasteiger partial charge in [-0.3, -0.25) is 4.79 Å². The van der Waals surface area contributed by atoms with Crippen LogP contribution < -0.4 is 0 Å². The number of rotatable bonds is 7. The average molecular weight is 272 g/mol. The van der Waals surface area contributed by atoms with E-state index in [0.717, 1.165) is 38.7 Å². The molecule has 0 amide bonds. The second-order valence-electron chi connectivity index (χ2n) is 5.47. The largest absolute Gasteiger partial charge is 0.377 e. The van der Waals surface area contributed by atoms with E-state index in [1.807, 2.05) is 6.92 Å². The fourth-order valence-corrected chi connectivity index (χ4v) is 2.64. The SMILES string of the molecule is CCOCc1cccc(CC/C=C/[C@H]2CCC(=O)C2)c1. The van der Waals surface area contributed by atoms with E-state index in [4.69, 9.17) is 4.74 Å². The Morgan fingerprint density at radius 2 is 2.20 bits per heavy atom. The summed E-state index contributed by atoms with van der Waals surface area (Å²) >= 11 is 0. The van der Waals surface area contributed by atoms with Gasteiger partial charge >= 0.3 is 0 Å². The van der Waals surface area contributed by atoms with Crippen molar-refractivity contribution in [2.24, 2.45) is 5.92 Å². The summed E-state index contributed by atoms with van der Waals surface area (Å²) in [5.74, 6) is 0.912. The zero-order valence-corrected chi connectivity index (χ0v) is 12.3. The molecule has 0 saturated heterocycles. The van der Waals surface area contributed by atoms with Crippen LogP contribution in [-0.4, -0.2) is 12.4 Å². The molecule has 0 unspecified atom stereocenters. The molecular weight excluding hydrogens is 248 g/mol. The summed E-state index contributed by atoms with van der Waals surface area (Å²) in [6.45, 7) is 3.47. The molecule has 0 aromatic heterocycles. The van der Waals surface area contributed by atoms with Crippen LogP contribution in [0.1, 0.15) is 43.7 Å². The van der Waals surface area contributed by atoms with Crippen molar-refractivity contribution in [1.82, 2.24) is 0 Å². The van der Waals surface area contributed by atoms with Gasteiger partial charge in [0.2, 0.25) is 0 Å². The van der Waals surface area contributed by atoms with E-state index in [1.54, 1.807) is 0 Å². The summed E-state index contributed by atoms with van der Waals surface area (Å²) in [4.78, 5) is 11.2. The topological polar surface area (TPSA) is 26.3 Å². The highest BCUT2D eigenvalue weighted by molar-refractivity contribution is 5.80. The summed E-state index contributed by atoms with van der Waals surface area (Å²) in [6.07, 6.45) is 9.13. The van der Waals surface area contributed by atoms with Crippen molar-refractivity contribution in [2.75, 3.05) is 6.61 Å². The minimum atomic E-state index is 0.420. The first kappa shape index (κ1) is 15.0.